The van der Waals surface area contributed by atoms with Gasteiger partial charge in [0, 0.05) is 30.0 Å². The number of halogens is 1. The molecule has 1 amide bonds. The highest BCUT2D eigenvalue weighted by atomic mass is 35.5. The lowest BCUT2D eigenvalue weighted by molar-refractivity contribution is -0.121. The van der Waals surface area contributed by atoms with E-state index in [1.807, 2.05) is 61.0 Å². The molecule has 30 heavy (non-hydrogen) atoms. The van der Waals surface area contributed by atoms with Gasteiger partial charge in [0.05, 0.1) is 18.0 Å². The Kier molecular flexibility index (Phi) is 6.97. The summed E-state index contributed by atoms with van der Waals surface area (Å²) in [6.07, 6.45) is 0. The summed E-state index contributed by atoms with van der Waals surface area (Å²) in [4.78, 5) is 12.7. The number of nitrogens with one attached hydrogen (secondary N) is 1. The molecule has 3 aromatic rings. The second kappa shape index (κ2) is 9.47. The summed E-state index contributed by atoms with van der Waals surface area (Å²) >= 11 is 5.89. The average Bonchev–Trinajstić information content (AvgIpc) is 3.05. The number of benzene rings is 2. The summed E-state index contributed by atoms with van der Waals surface area (Å²) in [6.45, 7) is 2.10. The topological polar surface area (TPSA) is 71.4 Å². The Morgan fingerprint density at radius 3 is 2.30 bits per heavy atom. The van der Waals surface area contributed by atoms with Crippen LogP contribution in [-0.4, -0.2) is 29.7 Å². The van der Waals surface area contributed by atoms with Crippen molar-refractivity contribution in [2.45, 2.75) is 24.9 Å². The number of rotatable bonds is 8. The summed E-state index contributed by atoms with van der Waals surface area (Å²) in [7, 11) is -1.97. The first-order valence-corrected chi connectivity index (χ1v) is 11.3. The number of sulfonamides is 1. The Balaban J connectivity index is 1.79. The molecule has 0 atom stereocenters. The lowest BCUT2D eigenvalue weighted by Gasteiger charge is -2.22. The maximum atomic E-state index is 13.2. The summed E-state index contributed by atoms with van der Waals surface area (Å²) < 4.78 is 29.6. The van der Waals surface area contributed by atoms with Crippen molar-refractivity contribution in [1.82, 2.24) is 14.2 Å². The van der Waals surface area contributed by atoms with Crippen molar-refractivity contribution >= 4 is 27.5 Å². The van der Waals surface area contributed by atoms with Gasteiger partial charge in [-0.3, -0.25) is 4.79 Å². The molecule has 0 radical (unpaired) electrons. The van der Waals surface area contributed by atoms with Crippen molar-refractivity contribution in [3.8, 4) is 0 Å². The number of carbonyl (C=O) groups is 1. The molecule has 0 saturated carbocycles. The highest BCUT2D eigenvalue weighted by Crippen LogP contribution is 2.20. The summed E-state index contributed by atoms with van der Waals surface area (Å²) in [5.74, 6) is -0.373. The molecular weight excluding hydrogens is 422 g/mol. The molecule has 1 aromatic heterocycles. The van der Waals surface area contributed by atoms with Crippen LogP contribution in [0.25, 0.3) is 0 Å². The Hall–Kier alpha value is -2.61. The van der Waals surface area contributed by atoms with Crippen LogP contribution in [0.1, 0.15) is 17.0 Å². The van der Waals surface area contributed by atoms with Crippen LogP contribution in [0.15, 0.2) is 71.6 Å². The first kappa shape index (κ1) is 22.1. The summed E-state index contributed by atoms with van der Waals surface area (Å²) in [5.41, 5.74) is 2.81. The molecule has 0 aliphatic rings. The van der Waals surface area contributed by atoms with Crippen LogP contribution < -0.4 is 5.32 Å². The Morgan fingerprint density at radius 1 is 1.03 bits per heavy atom. The second-order valence-electron chi connectivity index (χ2n) is 7.01. The Morgan fingerprint density at radius 2 is 1.70 bits per heavy atom. The normalized spacial score (nSPS) is 11.6. The third kappa shape index (κ3) is 5.30. The van der Waals surface area contributed by atoms with E-state index in [0.29, 0.717) is 11.6 Å². The molecule has 158 valence electrons. The molecular formula is C22H24ClN3O3S. The van der Waals surface area contributed by atoms with Crippen LogP contribution in [0.2, 0.25) is 5.02 Å². The number of aromatic nitrogens is 1. The minimum absolute atomic E-state index is 0.0858. The Bertz CT molecular complexity index is 1110. The van der Waals surface area contributed by atoms with Gasteiger partial charge in [-0.2, -0.15) is 4.31 Å². The number of amides is 1. The van der Waals surface area contributed by atoms with E-state index in [2.05, 4.69) is 5.32 Å². The van der Waals surface area contributed by atoms with Crippen molar-refractivity contribution in [1.29, 1.82) is 0 Å². The van der Waals surface area contributed by atoms with Crippen molar-refractivity contribution < 1.29 is 13.2 Å². The van der Waals surface area contributed by atoms with E-state index in [-0.39, 0.29) is 23.9 Å². The lowest BCUT2D eigenvalue weighted by atomic mass is 10.2. The van der Waals surface area contributed by atoms with Gasteiger partial charge in [-0.25, -0.2) is 8.42 Å². The molecule has 0 aliphatic carbocycles. The van der Waals surface area contributed by atoms with E-state index in [1.54, 1.807) is 0 Å². The van der Waals surface area contributed by atoms with Gasteiger partial charge >= 0.3 is 0 Å². The fourth-order valence-electron chi connectivity index (χ4n) is 3.02. The third-order valence-corrected chi connectivity index (χ3v) is 6.97. The highest BCUT2D eigenvalue weighted by molar-refractivity contribution is 7.89. The van der Waals surface area contributed by atoms with Gasteiger partial charge in [0.15, 0.2) is 0 Å². The zero-order valence-corrected chi connectivity index (χ0v) is 18.4. The third-order valence-electron chi connectivity index (χ3n) is 4.92. The minimum atomic E-state index is -3.89. The van der Waals surface area contributed by atoms with Gasteiger partial charge in [-0.15, -0.1) is 0 Å². The van der Waals surface area contributed by atoms with Crippen molar-refractivity contribution in [2.24, 2.45) is 7.05 Å². The van der Waals surface area contributed by atoms with Crippen LogP contribution in [0.4, 0.5) is 0 Å². The van der Waals surface area contributed by atoms with E-state index < -0.39 is 10.0 Å². The van der Waals surface area contributed by atoms with Crippen molar-refractivity contribution in [3.63, 3.8) is 0 Å². The van der Waals surface area contributed by atoms with Crippen LogP contribution in [0, 0.1) is 6.92 Å². The van der Waals surface area contributed by atoms with Gasteiger partial charge < -0.3 is 9.88 Å². The van der Waals surface area contributed by atoms with Gasteiger partial charge in [0.25, 0.3) is 0 Å². The molecule has 1 N–H and O–H groups in total. The predicted molar refractivity (Wildman–Crippen MR) is 117 cm³/mol. The predicted octanol–water partition coefficient (Wildman–Crippen LogP) is 3.49. The molecule has 0 unspecified atom stereocenters. The minimum Gasteiger partial charge on any atom is -0.350 e. The van der Waals surface area contributed by atoms with E-state index in [9.17, 15) is 13.2 Å². The SMILES string of the molecule is Cc1ccc(CNC(=O)CN(Cc2ccccc2)S(=O)(=O)c2ccc(Cl)cc2)n1C. The molecule has 0 spiro atoms. The molecule has 8 heteroatoms. The molecule has 2 aromatic carbocycles. The van der Waals surface area contributed by atoms with Crippen molar-refractivity contribution in [2.75, 3.05) is 6.54 Å². The van der Waals surface area contributed by atoms with Gasteiger partial charge in [0.1, 0.15) is 0 Å². The van der Waals surface area contributed by atoms with Crippen LogP contribution in [0.5, 0.6) is 0 Å². The Labute approximate surface area is 182 Å². The number of carbonyl (C=O) groups excluding carboxylic acids is 1. The summed E-state index contributed by atoms with van der Waals surface area (Å²) in [5, 5.41) is 3.26. The van der Waals surface area contributed by atoms with Gasteiger partial charge in [0.2, 0.25) is 15.9 Å². The maximum Gasteiger partial charge on any atom is 0.243 e. The van der Waals surface area contributed by atoms with Crippen LogP contribution in [0.3, 0.4) is 0 Å². The van der Waals surface area contributed by atoms with Gasteiger partial charge in [-0.05, 0) is 48.9 Å². The number of aryl methyl sites for hydroxylation is 1. The highest BCUT2D eigenvalue weighted by Gasteiger charge is 2.27. The quantitative estimate of drug-likeness (QED) is 0.576. The first-order valence-electron chi connectivity index (χ1n) is 9.45. The molecule has 3 rings (SSSR count). The second-order valence-corrected chi connectivity index (χ2v) is 9.39. The standard InChI is InChI=1S/C22H24ClN3O3S/c1-17-8-11-20(25(17)2)14-24-22(27)16-26(15-18-6-4-3-5-7-18)30(28,29)21-12-9-19(23)10-13-21/h3-13H,14-16H2,1-2H3,(H,24,27). The number of nitrogens with zero attached hydrogens (tertiary/aromatic N) is 2. The monoisotopic (exact) mass is 445 g/mol. The zero-order chi connectivity index (χ0) is 21.7. The molecule has 0 fully saturated rings. The molecule has 1 heterocycles. The zero-order valence-electron chi connectivity index (χ0n) is 16.9. The number of hydrogen-bond acceptors (Lipinski definition) is 3. The van der Waals surface area contributed by atoms with Crippen LogP contribution in [-0.2, 0) is 35.0 Å². The van der Waals surface area contributed by atoms with E-state index in [0.717, 1.165) is 17.0 Å². The first-order chi connectivity index (χ1) is 14.3. The fourth-order valence-corrected chi connectivity index (χ4v) is 4.53. The summed E-state index contributed by atoms with van der Waals surface area (Å²) in [6, 6.07) is 19.0. The van der Waals surface area contributed by atoms with E-state index in [4.69, 9.17) is 11.6 Å². The van der Waals surface area contributed by atoms with Crippen molar-refractivity contribution in [3.05, 3.63) is 88.7 Å². The smallest absolute Gasteiger partial charge is 0.243 e. The van der Waals surface area contributed by atoms with Gasteiger partial charge in [-0.1, -0.05) is 41.9 Å². The van der Waals surface area contributed by atoms with E-state index in [1.165, 1.54) is 28.6 Å². The number of hydrogen-bond donors (Lipinski definition) is 1. The lowest BCUT2D eigenvalue weighted by Crippen LogP contribution is -2.40. The fraction of sp³-hybridized carbons (Fsp3) is 0.227. The average molecular weight is 446 g/mol. The molecule has 0 aliphatic heterocycles. The molecule has 0 bridgehead atoms. The molecule has 0 saturated heterocycles. The largest absolute Gasteiger partial charge is 0.350 e. The molecule has 6 nitrogen and oxygen atoms in total. The van der Waals surface area contributed by atoms with Crippen LogP contribution >= 0.6 is 11.6 Å². The maximum absolute atomic E-state index is 13.2. The van der Waals surface area contributed by atoms with E-state index >= 15 is 0 Å².